The number of carbonyl (C=O) groups is 1. The van der Waals surface area contributed by atoms with Crippen LogP contribution in [0.1, 0.15) is 25.0 Å². The molecule has 0 atom stereocenters. The van der Waals surface area contributed by atoms with Gasteiger partial charge in [0.25, 0.3) is 5.91 Å². The van der Waals surface area contributed by atoms with Crippen LogP contribution >= 0.6 is 27.7 Å². The van der Waals surface area contributed by atoms with Gasteiger partial charge in [-0.05, 0) is 107 Å². The van der Waals surface area contributed by atoms with Crippen molar-refractivity contribution in [3.8, 4) is 17.2 Å². The van der Waals surface area contributed by atoms with E-state index in [9.17, 15) is 9.18 Å². The lowest BCUT2D eigenvalue weighted by Crippen LogP contribution is -2.28. The minimum absolute atomic E-state index is 0.106. The van der Waals surface area contributed by atoms with Crippen LogP contribution < -0.4 is 14.2 Å². The number of amidine groups is 1. The molecule has 9 heteroatoms. The first-order chi connectivity index (χ1) is 17.9. The second kappa shape index (κ2) is 12.3. The van der Waals surface area contributed by atoms with Crippen LogP contribution in [0.25, 0.3) is 6.08 Å². The number of aliphatic imine (C=N–C) groups is 1. The molecule has 0 saturated carbocycles. The molecule has 1 aliphatic heterocycles. The molecule has 0 N–H and O–H groups in total. The van der Waals surface area contributed by atoms with Gasteiger partial charge >= 0.3 is 0 Å². The number of thioether (sulfide) groups is 1. The normalized spacial score (nSPS) is 15.5. The van der Waals surface area contributed by atoms with Gasteiger partial charge in [0.05, 0.1) is 28.8 Å². The van der Waals surface area contributed by atoms with Crippen molar-refractivity contribution < 1.29 is 23.4 Å². The highest BCUT2D eigenvalue weighted by molar-refractivity contribution is 9.10. The molecule has 3 aromatic rings. The molecule has 0 aliphatic carbocycles. The monoisotopic (exact) mass is 584 g/mol. The molecule has 1 heterocycles. The van der Waals surface area contributed by atoms with E-state index in [4.69, 9.17) is 14.2 Å². The molecule has 0 unspecified atom stereocenters. The van der Waals surface area contributed by atoms with E-state index in [0.29, 0.717) is 39.2 Å². The second-order valence-corrected chi connectivity index (χ2v) is 9.79. The van der Waals surface area contributed by atoms with Gasteiger partial charge in [0.2, 0.25) is 0 Å². The molecule has 37 heavy (non-hydrogen) atoms. The van der Waals surface area contributed by atoms with Gasteiger partial charge in [-0.25, -0.2) is 9.38 Å². The standard InChI is InChI=1S/C28H26BrFN2O4S/c1-4-32-27(33)25(37-28(32)31-21-10-12-22(34-3)13-11-21)16-19-14-23(29)26(24(15-19)35-5-2)36-17-18-6-8-20(30)9-7-18/h6-16H,4-5,17H2,1-3H3/b25-16+,31-28?. The zero-order chi connectivity index (χ0) is 26.4. The Labute approximate surface area is 228 Å². The maximum Gasteiger partial charge on any atom is 0.266 e. The number of ether oxygens (including phenoxy) is 3. The van der Waals surface area contributed by atoms with Gasteiger partial charge in [0.1, 0.15) is 18.2 Å². The summed E-state index contributed by atoms with van der Waals surface area (Å²) in [6, 6.07) is 17.2. The molecule has 0 aromatic heterocycles. The molecule has 1 amide bonds. The van der Waals surface area contributed by atoms with Crippen LogP contribution in [0.15, 0.2) is 75.0 Å². The topological polar surface area (TPSA) is 60.4 Å². The lowest BCUT2D eigenvalue weighted by atomic mass is 10.1. The fourth-order valence-electron chi connectivity index (χ4n) is 3.60. The van der Waals surface area contributed by atoms with Crippen LogP contribution in [0.5, 0.6) is 17.2 Å². The van der Waals surface area contributed by atoms with Gasteiger partial charge in [-0.15, -0.1) is 0 Å². The van der Waals surface area contributed by atoms with E-state index < -0.39 is 0 Å². The van der Waals surface area contributed by atoms with E-state index in [-0.39, 0.29) is 18.3 Å². The summed E-state index contributed by atoms with van der Waals surface area (Å²) in [4.78, 5) is 20.0. The molecule has 3 aromatic carbocycles. The molecule has 192 valence electrons. The largest absolute Gasteiger partial charge is 0.497 e. The number of rotatable bonds is 9. The average Bonchev–Trinajstić information content (AvgIpc) is 3.18. The van der Waals surface area contributed by atoms with Crippen LogP contribution in [0.4, 0.5) is 10.1 Å². The summed E-state index contributed by atoms with van der Waals surface area (Å²) < 4.78 is 30.9. The fraction of sp³-hybridized carbons (Fsp3) is 0.214. The van der Waals surface area contributed by atoms with Crippen molar-refractivity contribution in [3.63, 3.8) is 0 Å². The molecule has 0 bridgehead atoms. The highest BCUT2D eigenvalue weighted by Gasteiger charge is 2.32. The van der Waals surface area contributed by atoms with Gasteiger partial charge in [-0.3, -0.25) is 9.69 Å². The summed E-state index contributed by atoms with van der Waals surface area (Å²) in [7, 11) is 1.61. The van der Waals surface area contributed by atoms with Crippen LogP contribution in [0.2, 0.25) is 0 Å². The number of nitrogens with zero attached hydrogens (tertiary/aromatic N) is 2. The number of carbonyl (C=O) groups excluding carboxylic acids is 1. The van der Waals surface area contributed by atoms with Crippen molar-refractivity contribution in [2.75, 3.05) is 20.3 Å². The van der Waals surface area contributed by atoms with Crippen LogP contribution in [0, 0.1) is 5.82 Å². The van der Waals surface area contributed by atoms with E-state index in [1.54, 1.807) is 24.1 Å². The third kappa shape index (κ3) is 6.53. The van der Waals surface area contributed by atoms with Crippen LogP contribution in [0.3, 0.4) is 0 Å². The smallest absolute Gasteiger partial charge is 0.266 e. The molecule has 4 rings (SSSR count). The summed E-state index contributed by atoms with van der Waals surface area (Å²) >= 11 is 4.91. The van der Waals surface area contributed by atoms with E-state index in [0.717, 1.165) is 22.6 Å². The Bertz CT molecular complexity index is 1330. The average molecular weight is 585 g/mol. The Kier molecular flexibility index (Phi) is 8.89. The second-order valence-electron chi connectivity index (χ2n) is 7.93. The summed E-state index contributed by atoms with van der Waals surface area (Å²) in [5.74, 6) is 1.42. The summed E-state index contributed by atoms with van der Waals surface area (Å²) in [6.07, 6.45) is 1.82. The highest BCUT2D eigenvalue weighted by atomic mass is 79.9. The van der Waals surface area contributed by atoms with Gasteiger partial charge in [0, 0.05) is 6.54 Å². The number of benzene rings is 3. The van der Waals surface area contributed by atoms with Crippen molar-refractivity contribution in [1.29, 1.82) is 0 Å². The van der Waals surface area contributed by atoms with E-state index in [1.807, 2.05) is 56.3 Å². The number of halogens is 2. The minimum atomic E-state index is -0.296. The van der Waals surface area contributed by atoms with E-state index in [1.165, 1.54) is 23.9 Å². The maximum absolute atomic E-state index is 13.2. The molecular formula is C28H26BrFN2O4S. The first kappa shape index (κ1) is 26.8. The Hall–Kier alpha value is -3.30. The van der Waals surface area contributed by atoms with Crippen LogP contribution in [-0.4, -0.2) is 36.2 Å². The Morgan fingerprint density at radius 2 is 1.78 bits per heavy atom. The lowest BCUT2D eigenvalue weighted by molar-refractivity contribution is -0.122. The van der Waals surface area contributed by atoms with E-state index >= 15 is 0 Å². The summed E-state index contributed by atoms with van der Waals surface area (Å²) in [5.41, 5.74) is 2.35. The first-order valence-corrected chi connectivity index (χ1v) is 13.3. The van der Waals surface area contributed by atoms with Crippen molar-refractivity contribution in [2.24, 2.45) is 4.99 Å². The predicted molar refractivity (Wildman–Crippen MR) is 149 cm³/mol. The number of hydrogen-bond donors (Lipinski definition) is 0. The first-order valence-electron chi connectivity index (χ1n) is 11.7. The number of amides is 1. The SMILES string of the molecule is CCOc1cc(/C=C2/SC(=Nc3ccc(OC)cc3)N(CC)C2=O)cc(Br)c1OCc1ccc(F)cc1. The Balaban J connectivity index is 1.59. The molecule has 6 nitrogen and oxygen atoms in total. The fourth-order valence-corrected chi connectivity index (χ4v) is 5.24. The molecule has 1 saturated heterocycles. The van der Waals surface area contributed by atoms with E-state index in [2.05, 4.69) is 20.9 Å². The van der Waals surface area contributed by atoms with Crippen molar-refractivity contribution >= 4 is 50.5 Å². The molecule has 0 radical (unpaired) electrons. The van der Waals surface area contributed by atoms with Crippen molar-refractivity contribution in [3.05, 3.63) is 87.0 Å². The minimum Gasteiger partial charge on any atom is -0.497 e. The number of likely N-dealkylation sites (N-methyl/N-ethyl adjacent to an activating group) is 1. The van der Waals surface area contributed by atoms with Crippen LogP contribution in [-0.2, 0) is 11.4 Å². The molecule has 1 aliphatic rings. The van der Waals surface area contributed by atoms with Crippen molar-refractivity contribution in [1.82, 2.24) is 4.90 Å². The van der Waals surface area contributed by atoms with Gasteiger partial charge < -0.3 is 14.2 Å². The Morgan fingerprint density at radius 3 is 2.43 bits per heavy atom. The van der Waals surface area contributed by atoms with Crippen molar-refractivity contribution in [2.45, 2.75) is 20.5 Å². The third-order valence-corrected chi connectivity index (χ3v) is 7.02. The van der Waals surface area contributed by atoms with Gasteiger partial charge in [-0.1, -0.05) is 12.1 Å². The quantitative estimate of drug-likeness (QED) is 0.249. The molecule has 0 spiro atoms. The predicted octanol–water partition coefficient (Wildman–Crippen LogP) is 7.20. The highest BCUT2D eigenvalue weighted by Crippen LogP contribution is 2.40. The maximum atomic E-state index is 13.2. The lowest BCUT2D eigenvalue weighted by Gasteiger charge is -2.15. The van der Waals surface area contributed by atoms with Gasteiger partial charge in [0.15, 0.2) is 16.7 Å². The zero-order valence-corrected chi connectivity index (χ0v) is 23.1. The summed E-state index contributed by atoms with van der Waals surface area (Å²) in [6.45, 7) is 5.00. The molecular weight excluding hydrogens is 559 g/mol. The van der Waals surface area contributed by atoms with Gasteiger partial charge in [-0.2, -0.15) is 0 Å². The zero-order valence-electron chi connectivity index (χ0n) is 20.7. The number of hydrogen-bond acceptors (Lipinski definition) is 6. The third-order valence-electron chi connectivity index (χ3n) is 5.43. The summed E-state index contributed by atoms with van der Waals surface area (Å²) in [5, 5.41) is 0.618. The Morgan fingerprint density at radius 1 is 1.05 bits per heavy atom. The molecule has 1 fully saturated rings. The number of methoxy groups -OCH3 is 1.